The number of carbonyl (C=O) groups excluding carboxylic acids is 1. The van der Waals surface area contributed by atoms with Crippen LogP contribution in [0.15, 0.2) is 0 Å². The smallest absolute Gasteiger partial charge is 0.390 e. The first-order valence-electron chi connectivity index (χ1n) is 6.77. The predicted molar refractivity (Wildman–Crippen MR) is 69.8 cm³/mol. The number of likely N-dealkylation sites (tertiary alicyclic amines) is 1. The second-order valence-electron chi connectivity index (χ2n) is 6.10. The summed E-state index contributed by atoms with van der Waals surface area (Å²) in [5, 5.41) is 9.34. The number of halogens is 3. The minimum absolute atomic E-state index is 0.246. The van der Waals surface area contributed by atoms with Gasteiger partial charge in [0.2, 0.25) is 0 Å². The molecule has 0 aromatic rings. The minimum atomic E-state index is -4.35. The zero-order valence-corrected chi connectivity index (χ0v) is 12.4. The number of amides is 2. The maximum atomic E-state index is 12.2. The third kappa shape index (κ3) is 4.50. The highest BCUT2D eigenvalue weighted by molar-refractivity contribution is 5.83. The summed E-state index contributed by atoms with van der Waals surface area (Å²) in [6.45, 7) is 3.27. The summed E-state index contributed by atoms with van der Waals surface area (Å²) in [4.78, 5) is 25.8. The fourth-order valence-electron chi connectivity index (χ4n) is 2.68. The average Bonchev–Trinajstić information content (AvgIpc) is 2.32. The average molecular weight is 310 g/mol. The Morgan fingerprint density at radius 1 is 1.38 bits per heavy atom. The van der Waals surface area contributed by atoms with Gasteiger partial charge in [-0.05, 0) is 18.3 Å². The standard InChI is InChI=1S/C13H21F3N2O3/c1-12(2)5-4-7-18(9(12)10(19)20)11(21)17(3)8-6-13(14,15)16/h9H,4-8H2,1-3H3,(H,19,20). The molecule has 122 valence electrons. The number of hydrogen-bond acceptors (Lipinski definition) is 2. The van der Waals surface area contributed by atoms with Crippen LogP contribution in [0.1, 0.15) is 33.1 Å². The first-order valence-corrected chi connectivity index (χ1v) is 6.77. The number of rotatable bonds is 3. The summed E-state index contributed by atoms with van der Waals surface area (Å²) in [6, 6.07) is -1.69. The number of nitrogens with zero attached hydrogens (tertiary/aromatic N) is 2. The Morgan fingerprint density at radius 2 is 1.95 bits per heavy atom. The van der Waals surface area contributed by atoms with Gasteiger partial charge in [0.25, 0.3) is 0 Å². The van der Waals surface area contributed by atoms with Crippen molar-refractivity contribution in [1.82, 2.24) is 9.80 Å². The summed E-state index contributed by atoms with van der Waals surface area (Å²) >= 11 is 0. The fraction of sp³-hybridized carbons (Fsp3) is 0.846. The molecular formula is C13H21F3N2O3. The van der Waals surface area contributed by atoms with Gasteiger partial charge in [0, 0.05) is 20.1 Å². The van der Waals surface area contributed by atoms with Gasteiger partial charge in [0.1, 0.15) is 6.04 Å². The second kappa shape index (κ2) is 6.11. The molecule has 1 heterocycles. The molecule has 0 spiro atoms. The van der Waals surface area contributed by atoms with Gasteiger partial charge in [-0.1, -0.05) is 13.8 Å². The molecular weight excluding hydrogens is 289 g/mol. The molecule has 0 aliphatic carbocycles. The summed E-state index contributed by atoms with van der Waals surface area (Å²) in [7, 11) is 1.26. The molecule has 5 nitrogen and oxygen atoms in total. The maximum Gasteiger partial charge on any atom is 0.390 e. The van der Waals surface area contributed by atoms with Gasteiger partial charge >= 0.3 is 18.2 Å². The molecule has 1 aliphatic rings. The van der Waals surface area contributed by atoms with Crippen LogP contribution in [0.3, 0.4) is 0 Å². The van der Waals surface area contributed by atoms with Crippen LogP contribution in [-0.2, 0) is 4.79 Å². The third-order valence-corrected chi connectivity index (χ3v) is 3.81. The molecule has 1 aliphatic heterocycles. The molecule has 1 atom stereocenters. The van der Waals surface area contributed by atoms with Crippen LogP contribution >= 0.6 is 0 Å². The highest BCUT2D eigenvalue weighted by Gasteiger charge is 2.45. The van der Waals surface area contributed by atoms with Crippen molar-refractivity contribution in [3.05, 3.63) is 0 Å². The van der Waals surface area contributed by atoms with Crippen molar-refractivity contribution in [1.29, 1.82) is 0 Å². The van der Waals surface area contributed by atoms with E-state index in [9.17, 15) is 27.9 Å². The van der Waals surface area contributed by atoms with Crippen molar-refractivity contribution < 1.29 is 27.9 Å². The molecule has 1 unspecified atom stereocenters. The Morgan fingerprint density at radius 3 is 2.43 bits per heavy atom. The number of hydrogen-bond donors (Lipinski definition) is 1. The lowest BCUT2D eigenvalue weighted by atomic mass is 9.76. The first kappa shape index (κ1) is 17.6. The summed E-state index contributed by atoms with van der Waals surface area (Å²) in [5.74, 6) is -1.13. The third-order valence-electron chi connectivity index (χ3n) is 3.81. The molecule has 1 saturated heterocycles. The number of alkyl halides is 3. The van der Waals surface area contributed by atoms with Gasteiger partial charge in [-0.3, -0.25) is 0 Å². The molecule has 1 rings (SSSR count). The predicted octanol–water partition coefficient (Wildman–Crippen LogP) is 2.57. The molecule has 0 bridgehead atoms. The van der Waals surface area contributed by atoms with Crippen molar-refractivity contribution in [3.8, 4) is 0 Å². The SMILES string of the molecule is CN(CCC(F)(F)F)C(=O)N1CCCC(C)(C)C1C(=O)O. The van der Waals surface area contributed by atoms with E-state index in [0.29, 0.717) is 12.8 Å². The monoisotopic (exact) mass is 310 g/mol. The van der Waals surface area contributed by atoms with E-state index in [1.54, 1.807) is 13.8 Å². The molecule has 0 aromatic carbocycles. The van der Waals surface area contributed by atoms with Crippen molar-refractivity contribution in [3.63, 3.8) is 0 Å². The molecule has 0 saturated carbocycles. The van der Waals surface area contributed by atoms with Crippen LogP contribution in [0.5, 0.6) is 0 Å². The molecule has 8 heteroatoms. The fourth-order valence-corrected chi connectivity index (χ4v) is 2.68. The molecule has 0 aromatic heterocycles. The van der Waals surface area contributed by atoms with Gasteiger partial charge in [-0.15, -0.1) is 0 Å². The van der Waals surface area contributed by atoms with E-state index in [0.717, 1.165) is 4.90 Å². The maximum absolute atomic E-state index is 12.2. The normalized spacial score (nSPS) is 22.0. The van der Waals surface area contributed by atoms with E-state index in [2.05, 4.69) is 0 Å². The lowest BCUT2D eigenvalue weighted by Crippen LogP contribution is -2.59. The minimum Gasteiger partial charge on any atom is -0.480 e. The lowest BCUT2D eigenvalue weighted by molar-refractivity contribution is -0.149. The summed E-state index contributed by atoms with van der Waals surface area (Å²) in [6.07, 6.45) is -4.16. The van der Waals surface area contributed by atoms with E-state index in [1.165, 1.54) is 11.9 Å². The first-order chi connectivity index (χ1) is 9.46. The van der Waals surface area contributed by atoms with Gasteiger partial charge in [0.05, 0.1) is 6.42 Å². The van der Waals surface area contributed by atoms with Gasteiger partial charge in [0.15, 0.2) is 0 Å². The number of carboxylic acid groups (broad SMARTS) is 1. The van der Waals surface area contributed by atoms with Gasteiger partial charge in [-0.2, -0.15) is 13.2 Å². The van der Waals surface area contributed by atoms with Crippen LogP contribution in [0.25, 0.3) is 0 Å². The van der Waals surface area contributed by atoms with Crippen molar-refractivity contribution >= 4 is 12.0 Å². The van der Waals surface area contributed by atoms with Crippen LogP contribution in [0.4, 0.5) is 18.0 Å². The van der Waals surface area contributed by atoms with Crippen LogP contribution in [0.2, 0.25) is 0 Å². The molecule has 2 amide bonds. The quantitative estimate of drug-likeness (QED) is 0.871. The highest BCUT2D eigenvalue weighted by Crippen LogP contribution is 2.35. The zero-order valence-electron chi connectivity index (χ0n) is 12.4. The summed E-state index contributed by atoms with van der Waals surface area (Å²) < 4.78 is 36.6. The molecule has 0 radical (unpaired) electrons. The molecule has 1 N–H and O–H groups in total. The van der Waals surface area contributed by atoms with Gasteiger partial charge < -0.3 is 14.9 Å². The topological polar surface area (TPSA) is 60.9 Å². The van der Waals surface area contributed by atoms with Crippen LogP contribution in [0, 0.1) is 5.41 Å². The van der Waals surface area contributed by atoms with E-state index in [-0.39, 0.29) is 6.54 Å². The molecule has 21 heavy (non-hydrogen) atoms. The lowest BCUT2D eigenvalue weighted by Gasteiger charge is -2.45. The van der Waals surface area contributed by atoms with E-state index in [4.69, 9.17) is 0 Å². The Hall–Kier alpha value is -1.47. The molecule has 1 fully saturated rings. The van der Waals surface area contributed by atoms with Crippen molar-refractivity contribution in [2.24, 2.45) is 5.41 Å². The number of carbonyl (C=O) groups is 2. The summed E-state index contributed by atoms with van der Waals surface area (Å²) in [5.41, 5.74) is -0.607. The zero-order chi connectivity index (χ0) is 16.4. The van der Waals surface area contributed by atoms with Crippen LogP contribution < -0.4 is 0 Å². The Balaban J connectivity index is 2.81. The van der Waals surface area contributed by atoms with E-state index in [1.807, 2.05) is 0 Å². The number of carboxylic acids is 1. The number of urea groups is 1. The van der Waals surface area contributed by atoms with E-state index >= 15 is 0 Å². The van der Waals surface area contributed by atoms with Gasteiger partial charge in [-0.25, -0.2) is 9.59 Å². The second-order valence-corrected chi connectivity index (χ2v) is 6.10. The van der Waals surface area contributed by atoms with Crippen molar-refractivity contribution in [2.45, 2.75) is 45.3 Å². The Labute approximate surface area is 121 Å². The number of aliphatic carboxylic acids is 1. The van der Waals surface area contributed by atoms with E-state index < -0.39 is 42.6 Å². The largest absolute Gasteiger partial charge is 0.480 e. The highest BCUT2D eigenvalue weighted by atomic mass is 19.4. The Kier molecular flexibility index (Phi) is 5.11. The Bertz CT molecular complexity index is 410. The van der Waals surface area contributed by atoms with Crippen LogP contribution in [-0.4, -0.2) is 59.3 Å². The van der Waals surface area contributed by atoms with Crippen molar-refractivity contribution in [2.75, 3.05) is 20.1 Å². The number of piperidine rings is 1.